The van der Waals surface area contributed by atoms with Crippen molar-refractivity contribution in [2.45, 2.75) is 0 Å². The molecule has 0 amide bonds. The van der Waals surface area contributed by atoms with E-state index in [4.69, 9.17) is 4.42 Å². The van der Waals surface area contributed by atoms with E-state index in [0.717, 1.165) is 0 Å². The van der Waals surface area contributed by atoms with Gasteiger partial charge in [-0.25, -0.2) is 0 Å². The number of nitrogens with zero attached hydrogens (tertiary/aromatic N) is 1. The van der Waals surface area contributed by atoms with E-state index in [0.29, 0.717) is 22.1 Å². The van der Waals surface area contributed by atoms with Crippen LogP contribution in [0.25, 0.3) is 22.1 Å². The second kappa shape index (κ2) is 4.13. The predicted octanol–water partition coefficient (Wildman–Crippen LogP) is 3.71. The smallest absolute Gasteiger partial charge is 0.442 e. The van der Waals surface area contributed by atoms with Gasteiger partial charge in [0.25, 0.3) is 0 Å². The van der Waals surface area contributed by atoms with Crippen LogP contribution >= 0.6 is 0 Å². The molecular formula is C14H9NO4. The summed E-state index contributed by atoms with van der Waals surface area (Å²) in [6, 6.07) is 13.5. The number of phenols is 1. The van der Waals surface area contributed by atoms with Gasteiger partial charge in [0.2, 0.25) is 0 Å². The lowest BCUT2D eigenvalue weighted by molar-refractivity contribution is -0.400. The number of furan rings is 1. The van der Waals surface area contributed by atoms with E-state index in [-0.39, 0.29) is 11.6 Å². The van der Waals surface area contributed by atoms with Crippen LogP contribution in [0.1, 0.15) is 0 Å². The maximum Gasteiger partial charge on any atom is 0.442 e. The summed E-state index contributed by atoms with van der Waals surface area (Å²) in [7, 11) is 0. The molecule has 0 spiro atoms. The number of rotatable bonds is 2. The van der Waals surface area contributed by atoms with Gasteiger partial charge in [-0.2, -0.15) is 0 Å². The Morgan fingerprint density at radius 3 is 2.47 bits per heavy atom. The van der Waals surface area contributed by atoms with Crippen molar-refractivity contribution in [1.29, 1.82) is 0 Å². The molecule has 0 aliphatic heterocycles. The molecule has 0 radical (unpaired) electrons. The van der Waals surface area contributed by atoms with Gasteiger partial charge in [-0.15, -0.1) is 0 Å². The van der Waals surface area contributed by atoms with Gasteiger partial charge in [-0.3, -0.25) is 10.1 Å². The minimum Gasteiger partial charge on any atom is -0.507 e. The van der Waals surface area contributed by atoms with Crippen LogP contribution in [0, 0.1) is 10.1 Å². The number of phenolic OH excluding ortho intramolecular Hbond substituents is 1. The molecule has 5 heteroatoms. The van der Waals surface area contributed by atoms with Crippen molar-refractivity contribution in [3.63, 3.8) is 0 Å². The van der Waals surface area contributed by atoms with Gasteiger partial charge in [0.15, 0.2) is 0 Å². The minimum atomic E-state index is -0.582. The zero-order chi connectivity index (χ0) is 13.4. The Hall–Kier alpha value is -2.82. The first-order chi connectivity index (χ1) is 9.18. The third kappa shape index (κ3) is 1.72. The zero-order valence-electron chi connectivity index (χ0n) is 9.74. The molecule has 2 aromatic carbocycles. The Labute approximate surface area is 107 Å². The van der Waals surface area contributed by atoms with Crippen LogP contribution in [-0.2, 0) is 0 Å². The third-order valence-electron chi connectivity index (χ3n) is 2.90. The standard InChI is InChI=1S/C14H9NO4/c16-10-7-4-8-11-13(10)12(14(19-11)15(17)18)9-5-2-1-3-6-9/h1-8,16H. The van der Waals surface area contributed by atoms with E-state index < -0.39 is 4.92 Å². The SMILES string of the molecule is O=[N+]([O-])c1oc2cccc(O)c2c1-c1ccccc1. The number of fused-ring (bicyclic) bond motifs is 1. The molecule has 0 saturated carbocycles. The highest BCUT2D eigenvalue weighted by atomic mass is 16.6. The Balaban J connectivity index is 2.44. The molecule has 0 atom stereocenters. The lowest BCUT2D eigenvalue weighted by atomic mass is 10.0. The number of nitro groups is 1. The second-order valence-corrected chi connectivity index (χ2v) is 4.06. The van der Waals surface area contributed by atoms with Gasteiger partial charge in [0.05, 0.1) is 5.39 Å². The molecule has 0 bridgehead atoms. The quantitative estimate of drug-likeness (QED) is 0.559. The van der Waals surface area contributed by atoms with Crippen LogP contribution in [-0.4, -0.2) is 10.0 Å². The Kier molecular flexibility index (Phi) is 2.45. The Morgan fingerprint density at radius 2 is 1.79 bits per heavy atom. The van der Waals surface area contributed by atoms with Crippen molar-refractivity contribution in [3.8, 4) is 16.9 Å². The number of aromatic hydroxyl groups is 1. The normalized spacial score (nSPS) is 10.7. The van der Waals surface area contributed by atoms with Gasteiger partial charge >= 0.3 is 5.88 Å². The van der Waals surface area contributed by atoms with Crippen LogP contribution in [0.3, 0.4) is 0 Å². The summed E-state index contributed by atoms with van der Waals surface area (Å²) in [5.74, 6) is -0.393. The summed E-state index contributed by atoms with van der Waals surface area (Å²) in [6.07, 6.45) is 0. The first-order valence-corrected chi connectivity index (χ1v) is 5.63. The monoisotopic (exact) mass is 255 g/mol. The van der Waals surface area contributed by atoms with E-state index in [2.05, 4.69) is 0 Å². The number of hydrogen-bond acceptors (Lipinski definition) is 4. The molecule has 3 rings (SSSR count). The zero-order valence-corrected chi connectivity index (χ0v) is 9.74. The van der Waals surface area contributed by atoms with Crippen LogP contribution in [0.4, 0.5) is 5.88 Å². The Bertz CT molecular complexity index is 762. The van der Waals surface area contributed by atoms with Gasteiger partial charge in [0, 0.05) is 0 Å². The van der Waals surface area contributed by atoms with Crippen LogP contribution in [0.2, 0.25) is 0 Å². The minimum absolute atomic E-state index is 0.0341. The summed E-state index contributed by atoms with van der Waals surface area (Å²) in [5.41, 5.74) is 1.23. The molecule has 0 aliphatic rings. The van der Waals surface area contributed by atoms with Crippen molar-refractivity contribution in [2.24, 2.45) is 0 Å². The van der Waals surface area contributed by atoms with Gasteiger partial charge in [-0.1, -0.05) is 36.4 Å². The molecule has 1 heterocycles. The highest BCUT2D eigenvalue weighted by Crippen LogP contribution is 2.43. The molecule has 1 aromatic heterocycles. The van der Waals surface area contributed by atoms with E-state index in [1.165, 1.54) is 6.07 Å². The number of benzene rings is 2. The molecule has 94 valence electrons. The molecule has 0 unspecified atom stereocenters. The van der Waals surface area contributed by atoms with Gasteiger partial charge < -0.3 is 9.52 Å². The van der Waals surface area contributed by atoms with Crippen molar-refractivity contribution in [1.82, 2.24) is 0 Å². The average Bonchev–Trinajstić information content (AvgIpc) is 2.81. The summed E-state index contributed by atoms with van der Waals surface area (Å²) >= 11 is 0. The summed E-state index contributed by atoms with van der Waals surface area (Å²) in [6.45, 7) is 0. The molecule has 19 heavy (non-hydrogen) atoms. The van der Waals surface area contributed by atoms with Gasteiger partial charge in [0.1, 0.15) is 21.8 Å². The highest BCUT2D eigenvalue weighted by Gasteiger charge is 2.26. The van der Waals surface area contributed by atoms with Crippen LogP contribution in [0.5, 0.6) is 5.75 Å². The first kappa shape index (κ1) is 11.3. The number of hydrogen-bond donors (Lipinski definition) is 1. The highest BCUT2D eigenvalue weighted by molar-refractivity contribution is 6.02. The molecule has 3 aromatic rings. The topological polar surface area (TPSA) is 76.5 Å². The first-order valence-electron chi connectivity index (χ1n) is 5.63. The molecule has 0 aliphatic carbocycles. The molecule has 5 nitrogen and oxygen atoms in total. The lowest BCUT2D eigenvalue weighted by Crippen LogP contribution is -1.88. The largest absolute Gasteiger partial charge is 0.507 e. The molecular weight excluding hydrogens is 246 g/mol. The van der Waals surface area contributed by atoms with Crippen LogP contribution in [0.15, 0.2) is 52.9 Å². The summed E-state index contributed by atoms with van der Waals surface area (Å²) < 4.78 is 5.24. The van der Waals surface area contributed by atoms with Crippen molar-refractivity contribution < 1.29 is 14.4 Å². The maximum atomic E-state index is 11.1. The maximum absolute atomic E-state index is 11.1. The van der Waals surface area contributed by atoms with E-state index in [9.17, 15) is 15.2 Å². The third-order valence-corrected chi connectivity index (χ3v) is 2.90. The lowest BCUT2D eigenvalue weighted by Gasteiger charge is -1.99. The van der Waals surface area contributed by atoms with E-state index >= 15 is 0 Å². The second-order valence-electron chi connectivity index (χ2n) is 4.06. The van der Waals surface area contributed by atoms with Crippen LogP contribution < -0.4 is 0 Å². The Morgan fingerprint density at radius 1 is 1.05 bits per heavy atom. The van der Waals surface area contributed by atoms with E-state index in [1.54, 1.807) is 36.4 Å². The van der Waals surface area contributed by atoms with E-state index in [1.807, 2.05) is 6.07 Å². The molecule has 0 fully saturated rings. The summed E-state index contributed by atoms with van der Waals surface area (Å²) in [5, 5.41) is 21.4. The van der Waals surface area contributed by atoms with Gasteiger partial charge in [-0.05, 0) is 17.7 Å². The fraction of sp³-hybridized carbons (Fsp3) is 0. The van der Waals surface area contributed by atoms with Crippen molar-refractivity contribution >= 4 is 16.9 Å². The molecule has 0 saturated heterocycles. The van der Waals surface area contributed by atoms with Crippen molar-refractivity contribution in [2.75, 3.05) is 0 Å². The fourth-order valence-electron chi connectivity index (χ4n) is 2.12. The van der Waals surface area contributed by atoms with Crippen molar-refractivity contribution in [3.05, 3.63) is 58.6 Å². The fourth-order valence-corrected chi connectivity index (χ4v) is 2.12. The summed E-state index contributed by atoms with van der Waals surface area (Å²) in [4.78, 5) is 10.5. The average molecular weight is 255 g/mol. The molecule has 1 N–H and O–H groups in total. The predicted molar refractivity (Wildman–Crippen MR) is 70.0 cm³/mol.